The first-order chi connectivity index (χ1) is 13.4. The number of nitrogens with one attached hydrogen (secondary N) is 2. The monoisotopic (exact) mass is 417 g/mol. The van der Waals surface area contributed by atoms with Gasteiger partial charge in [-0.1, -0.05) is 30.3 Å². The first-order valence-corrected chi connectivity index (χ1v) is 11.4. The van der Waals surface area contributed by atoms with Crippen LogP contribution in [0.4, 0.5) is 0 Å². The molecule has 1 amide bonds. The quantitative estimate of drug-likeness (QED) is 0.784. The molecule has 2 aromatic rings. The highest BCUT2D eigenvalue weighted by Crippen LogP contribution is 2.28. The molecule has 1 fully saturated rings. The van der Waals surface area contributed by atoms with Crippen LogP contribution in [-0.4, -0.2) is 49.3 Å². The predicted molar refractivity (Wildman–Crippen MR) is 116 cm³/mol. The molecule has 0 radical (unpaired) electrons. The fourth-order valence-electron chi connectivity index (χ4n) is 4.49. The van der Waals surface area contributed by atoms with Gasteiger partial charge in [0.15, 0.2) is 0 Å². The van der Waals surface area contributed by atoms with Gasteiger partial charge in [0.05, 0.1) is 11.4 Å². The van der Waals surface area contributed by atoms with Gasteiger partial charge in [0.1, 0.15) is 0 Å². The van der Waals surface area contributed by atoms with E-state index in [0.29, 0.717) is 0 Å². The number of sulfonamides is 1. The van der Waals surface area contributed by atoms with Gasteiger partial charge in [-0.05, 0) is 63.4 Å². The zero-order valence-electron chi connectivity index (χ0n) is 17.8. The number of nitrogens with zero attached hydrogens (tertiary/aromatic N) is 1. The number of hydrogen-bond acceptors (Lipinski definition) is 4. The van der Waals surface area contributed by atoms with Crippen molar-refractivity contribution in [2.24, 2.45) is 0 Å². The summed E-state index contributed by atoms with van der Waals surface area (Å²) < 4.78 is 27.0. The summed E-state index contributed by atoms with van der Waals surface area (Å²) in [5.41, 5.74) is -0.189. The molecule has 29 heavy (non-hydrogen) atoms. The molecular weight excluding hydrogens is 386 g/mol. The molecule has 6 nitrogen and oxygen atoms in total. The highest BCUT2D eigenvalue weighted by molar-refractivity contribution is 7.89. The number of carbonyl (C=O) groups is 1. The zero-order valence-corrected chi connectivity index (χ0v) is 18.6. The number of benzene rings is 2. The fraction of sp³-hybridized carbons (Fsp3) is 0.500. The fourth-order valence-corrected chi connectivity index (χ4v) is 5.66. The lowest BCUT2D eigenvalue weighted by Crippen LogP contribution is -2.62. The maximum atomic E-state index is 12.9. The predicted octanol–water partition coefficient (Wildman–Crippen LogP) is 2.89. The Hall–Kier alpha value is -1.96. The Balaban J connectivity index is 1.69. The van der Waals surface area contributed by atoms with Gasteiger partial charge < -0.3 is 10.6 Å². The molecule has 0 bridgehead atoms. The Morgan fingerprint density at radius 2 is 1.66 bits per heavy atom. The topological polar surface area (TPSA) is 78.5 Å². The zero-order chi connectivity index (χ0) is 21.4. The van der Waals surface area contributed by atoms with Gasteiger partial charge in [0.2, 0.25) is 15.9 Å². The normalized spacial score (nSPS) is 19.4. The van der Waals surface area contributed by atoms with E-state index in [1.807, 2.05) is 24.3 Å². The van der Waals surface area contributed by atoms with Gasteiger partial charge in [-0.25, -0.2) is 8.42 Å². The van der Waals surface area contributed by atoms with Crippen LogP contribution in [0.3, 0.4) is 0 Å². The largest absolute Gasteiger partial charge is 0.352 e. The molecule has 0 spiro atoms. The van der Waals surface area contributed by atoms with E-state index in [-0.39, 0.29) is 34.5 Å². The van der Waals surface area contributed by atoms with Gasteiger partial charge in [0, 0.05) is 24.2 Å². The molecule has 0 saturated carbocycles. The third-order valence-corrected chi connectivity index (χ3v) is 7.15. The van der Waals surface area contributed by atoms with Gasteiger partial charge in [-0.2, -0.15) is 4.31 Å². The molecule has 0 aromatic heterocycles. The van der Waals surface area contributed by atoms with E-state index in [4.69, 9.17) is 0 Å². The van der Waals surface area contributed by atoms with Crippen LogP contribution in [-0.2, 0) is 14.8 Å². The summed E-state index contributed by atoms with van der Waals surface area (Å²) in [6.07, 6.45) is 1.59. The third-order valence-electron chi connectivity index (χ3n) is 5.35. The summed E-state index contributed by atoms with van der Waals surface area (Å²) >= 11 is 0. The summed E-state index contributed by atoms with van der Waals surface area (Å²) in [5.74, 6) is -0.282. The maximum Gasteiger partial charge on any atom is 0.243 e. The maximum absolute atomic E-state index is 12.9. The van der Waals surface area contributed by atoms with Crippen molar-refractivity contribution in [2.45, 2.75) is 62.6 Å². The lowest BCUT2D eigenvalue weighted by Gasteiger charge is -2.46. The minimum Gasteiger partial charge on any atom is -0.352 e. The average molecular weight is 418 g/mol. The van der Waals surface area contributed by atoms with E-state index in [1.165, 1.54) is 7.05 Å². The highest BCUT2D eigenvalue weighted by atomic mass is 32.2. The lowest BCUT2D eigenvalue weighted by molar-refractivity contribution is -0.122. The molecule has 2 aromatic carbocycles. The standard InChI is InChI=1S/C22H31N3O3S/c1-21(2)13-18(14-22(3,4)24-21)23-20(26)15-25(5)29(27,28)19-11-10-16-8-6-7-9-17(16)12-19/h6-12,18,24H,13-15H2,1-5H3,(H,23,26). The second-order valence-electron chi connectivity index (χ2n) is 9.34. The Morgan fingerprint density at radius 3 is 2.28 bits per heavy atom. The summed E-state index contributed by atoms with van der Waals surface area (Å²) in [4.78, 5) is 12.8. The molecule has 7 heteroatoms. The van der Waals surface area contributed by atoms with E-state index in [9.17, 15) is 13.2 Å². The molecule has 1 heterocycles. The number of fused-ring (bicyclic) bond motifs is 1. The number of hydrogen-bond donors (Lipinski definition) is 2. The third kappa shape index (κ3) is 5.15. The van der Waals surface area contributed by atoms with E-state index in [0.717, 1.165) is 27.9 Å². The Bertz CT molecular complexity index is 999. The van der Waals surface area contributed by atoms with Gasteiger partial charge in [-0.3, -0.25) is 4.79 Å². The summed E-state index contributed by atoms with van der Waals surface area (Å²) in [7, 11) is -2.31. The van der Waals surface area contributed by atoms with Crippen molar-refractivity contribution in [3.63, 3.8) is 0 Å². The van der Waals surface area contributed by atoms with E-state index in [1.54, 1.807) is 18.2 Å². The van der Waals surface area contributed by atoms with Gasteiger partial charge >= 0.3 is 0 Å². The van der Waals surface area contributed by atoms with E-state index in [2.05, 4.69) is 38.3 Å². The molecule has 0 atom stereocenters. The van der Waals surface area contributed by atoms with Crippen molar-refractivity contribution in [3.05, 3.63) is 42.5 Å². The second kappa shape index (κ2) is 7.70. The van der Waals surface area contributed by atoms with Crippen LogP contribution >= 0.6 is 0 Å². The van der Waals surface area contributed by atoms with Gasteiger partial charge in [-0.15, -0.1) is 0 Å². The van der Waals surface area contributed by atoms with Crippen molar-refractivity contribution >= 4 is 26.7 Å². The van der Waals surface area contributed by atoms with Crippen LogP contribution in [0.1, 0.15) is 40.5 Å². The molecule has 0 unspecified atom stereocenters. The molecule has 158 valence electrons. The number of rotatable bonds is 5. The van der Waals surface area contributed by atoms with Crippen LogP contribution in [0, 0.1) is 0 Å². The van der Waals surface area contributed by atoms with Crippen LogP contribution in [0.5, 0.6) is 0 Å². The van der Waals surface area contributed by atoms with Crippen molar-refractivity contribution in [3.8, 4) is 0 Å². The summed E-state index contributed by atoms with van der Waals surface area (Å²) in [6, 6.07) is 12.6. The Morgan fingerprint density at radius 1 is 1.07 bits per heavy atom. The molecule has 3 rings (SSSR count). The second-order valence-corrected chi connectivity index (χ2v) is 11.4. The van der Waals surface area contributed by atoms with Crippen molar-refractivity contribution in [1.29, 1.82) is 0 Å². The Labute approximate surface area is 173 Å². The molecule has 2 N–H and O–H groups in total. The minimum atomic E-state index is -3.75. The van der Waals surface area contributed by atoms with E-state index < -0.39 is 10.0 Å². The average Bonchev–Trinajstić information content (AvgIpc) is 2.58. The smallest absolute Gasteiger partial charge is 0.243 e. The van der Waals surface area contributed by atoms with Crippen LogP contribution in [0.25, 0.3) is 10.8 Å². The SMILES string of the molecule is CN(CC(=O)NC1CC(C)(C)NC(C)(C)C1)S(=O)(=O)c1ccc2ccccc2c1. The molecular formula is C22H31N3O3S. The van der Waals surface area contributed by atoms with Crippen molar-refractivity contribution in [1.82, 2.24) is 14.9 Å². The number of likely N-dealkylation sites (N-methyl/N-ethyl adjacent to an activating group) is 1. The van der Waals surface area contributed by atoms with Crippen molar-refractivity contribution in [2.75, 3.05) is 13.6 Å². The number of amides is 1. The van der Waals surface area contributed by atoms with Crippen LogP contribution in [0.2, 0.25) is 0 Å². The summed E-state index contributed by atoms with van der Waals surface area (Å²) in [6.45, 7) is 8.25. The van der Waals surface area contributed by atoms with Crippen LogP contribution < -0.4 is 10.6 Å². The Kier molecular flexibility index (Phi) is 5.77. The lowest BCUT2D eigenvalue weighted by atomic mass is 9.79. The van der Waals surface area contributed by atoms with E-state index >= 15 is 0 Å². The summed E-state index contributed by atoms with van der Waals surface area (Å²) in [5, 5.41) is 8.44. The minimum absolute atomic E-state index is 0.00511. The number of piperidine rings is 1. The van der Waals surface area contributed by atoms with Gasteiger partial charge in [0.25, 0.3) is 0 Å². The highest BCUT2D eigenvalue weighted by Gasteiger charge is 2.38. The van der Waals surface area contributed by atoms with Crippen LogP contribution in [0.15, 0.2) is 47.4 Å². The molecule has 1 saturated heterocycles. The number of carbonyl (C=O) groups excluding carboxylic acids is 1. The first-order valence-electron chi connectivity index (χ1n) is 9.92. The first kappa shape index (κ1) is 21.7. The molecule has 1 aliphatic heterocycles. The molecule has 0 aliphatic carbocycles. The van der Waals surface area contributed by atoms with Crippen molar-refractivity contribution < 1.29 is 13.2 Å². The molecule has 1 aliphatic rings.